The first kappa shape index (κ1) is 16.3. The van der Waals surface area contributed by atoms with Crippen molar-refractivity contribution in [2.75, 3.05) is 18.0 Å². The quantitative estimate of drug-likeness (QED) is 0.933. The van der Waals surface area contributed by atoms with Crippen LogP contribution in [-0.2, 0) is 6.54 Å². The van der Waals surface area contributed by atoms with Crippen LogP contribution in [0.3, 0.4) is 0 Å². The van der Waals surface area contributed by atoms with E-state index in [9.17, 15) is 8.78 Å². The Morgan fingerprint density at radius 3 is 2.42 bits per heavy atom. The summed E-state index contributed by atoms with van der Waals surface area (Å²) < 4.78 is 27.0. The molecule has 1 N–H and O–H groups in total. The molecule has 1 aliphatic rings. The number of halogens is 2. The molecule has 1 fully saturated rings. The van der Waals surface area contributed by atoms with Gasteiger partial charge in [0.2, 0.25) is 0 Å². The lowest BCUT2D eigenvalue weighted by atomic mass is 10.0. The van der Waals surface area contributed by atoms with Crippen LogP contribution >= 0.6 is 0 Å². The fourth-order valence-corrected chi connectivity index (χ4v) is 2.95. The zero-order valence-corrected chi connectivity index (χ0v) is 13.0. The Hall–Kier alpha value is -2.59. The molecule has 0 amide bonds. The molecule has 2 aromatic rings. The predicted octanol–water partition coefficient (Wildman–Crippen LogP) is 2.39. The number of aromatic nitrogens is 2. The minimum absolute atomic E-state index is 0.194. The summed E-state index contributed by atoms with van der Waals surface area (Å²) >= 11 is 0. The third kappa shape index (κ3) is 3.84. The standard InChI is InChI=1S/C17H17F2N5/c18-13-7-12(8-14(19)9-13)11-24(16-3-5-21-6-4-16)17-2-1-15(10-20)22-23-17/h1-2,7-9,16,21H,3-6,11H2. The Bertz CT molecular complexity index is 715. The van der Waals surface area contributed by atoms with E-state index in [1.54, 1.807) is 12.1 Å². The van der Waals surface area contributed by atoms with Crippen LogP contribution in [0.1, 0.15) is 24.1 Å². The monoisotopic (exact) mass is 329 g/mol. The molecule has 0 radical (unpaired) electrons. The number of hydrogen-bond donors (Lipinski definition) is 1. The van der Waals surface area contributed by atoms with Crippen LogP contribution in [0.15, 0.2) is 30.3 Å². The maximum Gasteiger partial charge on any atom is 0.163 e. The van der Waals surface area contributed by atoms with Crippen molar-refractivity contribution in [3.05, 3.63) is 53.2 Å². The molecule has 5 nitrogen and oxygen atoms in total. The van der Waals surface area contributed by atoms with Crippen LogP contribution in [0, 0.1) is 23.0 Å². The first-order chi connectivity index (χ1) is 11.7. The van der Waals surface area contributed by atoms with E-state index in [0.717, 1.165) is 32.0 Å². The molecular formula is C17H17F2N5. The molecule has 0 atom stereocenters. The summed E-state index contributed by atoms with van der Waals surface area (Å²) in [5, 5.41) is 20.1. The van der Waals surface area contributed by atoms with Crippen LogP contribution in [0.4, 0.5) is 14.6 Å². The lowest BCUT2D eigenvalue weighted by Crippen LogP contribution is -2.43. The number of nitrogens with zero attached hydrogens (tertiary/aromatic N) is 4. The summed E-state index contributed by atoms with van der Waals surface area (Å²) in [7, 11) is 0. The van der Waals surface area contributed by atoms with Gasteiger partial charge in [-0.05, 0) is 55.8 Å². The van der Waals surface area contributed by atoms with Gasteiger partial charge in [-0.2, -0.15) is 5.26 Å². The Morgan fingerprint density at radius 2 is 1.83 bits per heavy atom. The molecule has 1 aromatic heterocycles. The second-order valence-electron chi connectivity index (χ2n) is 5.78. The van der Waals surface area contributed by atoms with E-state index >= 15 is 0 Å². The highest BCUT2D eigenvalue weighted by atomic mass is 19.1. The summed E-state index contributed by atoms with van der Waals surface area (Å²) in [6.07, 6.45) is 1.80. The van der Waals surface area contributed by atoms with Crippen molar-refractivity contribution in [2.24, 2.45) is 0 Å². The normalized spacial score (nSPS) is 15.0. The number of piperidine rings is 1. The van der Waals surface area contributed by atoms with E-state index < -0.39 is 11.6 Å². The highest BCUT2D eigenvalue weighted by molar-refractivity contribution is 5.41. The zero-order valence-electron chi connectivity index (χ0n) is 13.0. The van der Waals surface area contributed by atoms with Crippen molar-refractivity contribution in [3.63, 3.8) is 0 Å². The number of nitriles is 1. The van der Waals surface area contributed by atoms with Gasteiger partial charge in [-0.1, -0.05) is 0 Å². The number of anilines is 1. The van der Waals surface area contributed by atoms with Gasteiger partial charge < -0.3 is 10.2 Å². The van der Waals surface area contributed by atoms with Crippen LogP contribution in [0.5, 0.6) is 0 Å². The maximum atomic E-state index is 13.5. The third-order valence-electron chi connectivity index (χ3n) is 4.08. The fraction of sp³-hybridized carbons (Fsp3) is 0.353. The van der Waals surface area contributed by atoms with Crippen molar-refractivity contribution in [1.82, 2.24) is 15.5 Å². The highest BCUT2D eigenvalue weighted by Gasteiger charge is 2.23. The number of hydrogen-bond acceptors (Lipinski definition) is 5. The molecular weight excluding hydrogens is 312 g/mol. The van der Waals surface area contributed by atoms with Gasteiger partial charge in [0.15, 0.2) is 11.5 Å². The minimum Gasteiger partial charge on any atom is -0.348 e. The van der Waals surface area contributed by atoms with E-state index in [0.29, 0.717) is 17.9 Å². The Morgan fingerprint density at radius 1 is 1.12 bits per heavy atom. The van der Waals surface area contributed by atoms with Gasteiger partial charge in [-0.15, -0.1) is 10.2 Å². The van der Waals surface area contributed by atoms with E-state index in [2.05, 4.69) is 15.5 Å². The van der Waals surface area contributed by atoms with Crippen LogP contribution in [0.25, 0.3) is 0 Å². The van der Waals surface area contributed by atoms with Crippen molar-refractivity contribution in [3.8, 4) is 6.07 Å². The molecule has 124 valence electrons. The van der Waals surface area contributed by atoms with E-state index in [-0.39, 0.29) is 11.7 Å². The average molecular weight is 329 g/mol. The molecule has 1 aliphatic heterocycles. The number of rotatable bonds is 4. The lowest BCUT2D eigenvalue weighted by Gasteiger charge is -2.35. The van der Waals surface area contributed by atoms with Gasteiger partial charge in [0.05, 0.1) is 0 Å². The maximum absolute atomic E-state index is 13.5. The number of nitrogens with one attached hydrogen (secondary N) is 1. The van der Waals surface area contributed by atoms with Crippen LogP contribution in [-0.4, -0.2) is 29.3 Å². The van der Waals surface area contributed by atoms with Gasteiger partial charge in [-0.3, -0.25) is 0 Å². The molecule has 0 aliphatic carbocycles. The van der Waals surface area contributed by atoms with Crippen LogP contribution < -0.4 is 10.2 Å². The molecule has 2 heterocycles. The van der Waals surface area contributed by atoms with Gasteiger partial charge in [-0.25, -0.2) is 8.78 Å². The molecule has 1 aromatic carbocycles. The third-order valence-corrected chi connectivity index (χ3v) is 4.08. The summed E-state index contributed by atoms with van der Waals surface area (Å²) in [5.74, 6) is -0.590. The van der Waals surface area contributed by atoms with Gasteiger partial charge >= 0.3 is 0 Å². The van der Waals surface area contributed by atoms with Gasteiger partial charge in [0.1, 0.15) is 17.7 Å². The van der Waals surface area contributed by atoms with Crippen LogP contribution in [0.2, 0.25) is 0 Å². The summed E-state index contributed by atoms with van der Waals surface area (Å²) in [4.78, 5) is 2.00. The molecule has 24 heavy (non-hydrogen) atoms. The van der Waals surface area contributed by atoms with Gasteiger partial charge in [0.25, 0.3) is 0 Å². The van der Waals surface area contributed by atoms with E-state index in [1.165, 1.54) is 12.1 Å². The topological polar surface area (TPSA) is 64.8 Å². The van der Waals surface area contributed by atoms with Crippen molar-refractivity contribution >= 4 is 5.82 Å². The van der Waals surface area contributed by atoms with Crippen molar-refractivity contribution in [2.45, 2.75) is 25.4 Å². The predicted molar refractivity (Wildman–Crippen MR) is 85.2 cm³/mol. The molecule has 3 rings (SSSR count). The average Bonchev–Trinajstić information content (AvgIpc) is 2.60. The number of benzene rings is 1. The van der Waals surface area contributed by atoms with E-state index in [1.807, 2.05) is 11.0 Å². The molecule has 0 unspecified atom stereocenters. The molecule has 0 spiro atoms. The van der Waals surface area contributed by atoms with Gasteiger partial charge in [0, 0.05) is 18.7 Å². The second kappa shape index (κ2) is 7.32. The zero-order chi connectivity index (χ0) is 16.9. The second-order valence-corrected chi connectivity index (χ2v) is 5.78. The summed E-state index contributed by atoms with van der Waals surface area (Å²) in [6, 6.07) is 8.97. The van der Waals surface area contributed by atoms with E-state index in [4.69, 9.17) is 5.26 Å². The first-order valence-corrected chi connectivity index (χ1v) is 7.82. The lowest BCUT2D eigenvalue weighted by molar-refractivity contribution is 0.424. The minimum atomic E-state index is -0.596. The molecule has 1 saturated heterocycles. The smallest absolute Gasteiger partial charge is 0.163 e. The SMILES string of the molecule is N#Cc1ccc(N(Cc2cc(F)cc(F)c2)C2CCNCC2)nn1. The fourth-order valence-electron chi connectivity index (χ4n) is 2.95. The Kier molecular flexibility index (Phi) is 4.96. The summed E-state index contributed by atoms with van der Waals surface area (Å²) in [5.41, 5.74) is 0.776. The Balaban J connectivity index is 1.90. The Labute approximate surface area is 138 Å². The largest absolute Gasteiger partial charge is 0.348 e. The molecule has 0 bridgehead atoms. The summed E-state index contributed by atoms with van der Waals surface area (Å²) in [6.45, 7) is 2.09. The molecule has 0 saturated carbocycles. The molecule has 7 heteroatoms. The van der Waals surface area contributed by atoms with Crippen molar-refractivity contribution < 1.29 is 8.78 Å². The highest BCUT2D eigenvalue weighted by Crippen LogP contribution is 2.23. The first-order valence-electron chi connectivity index (χ1n) is 7.82. The van der Waals surface area contributed by atoms with Crippen molar-refractivity contribution in [1.29, 1.82) is 5.26 Å².